The van der Waals surface area contributed by atoms with Gasteiger partial charge in [0.05, 0.1) is 19.3 Å². The highest BCUT2D eigenvalue weighted by Gasteiger charge is 2.17. The summed E-state index contributed by atoms with van der Waals surface area (Å²) in [4.78, 5) is 23.2. The maximum atomic E-state index is 11.7. The summed E-state index contributed by atoms with van der Waals surface area (Å²) in [5.74, 6) is 0.296. The van der Waals surface area contributed by atoms with Crippen LogP contribution in [-0.4, -0.2) is 31.7 Å². The molecule has 0 fully saturated rings. The molecule has 1 atom stereocenters. The van der Waals surface area contributed by atoms with Crippen LogP contribution in [0.15, 0.2) is 48.5 Å². The summed E-state index contributed by atoms with van der Waals surface area (Å²) < 4.78 is 15.5. The molecule has 0 aromatic heterocycles. The Kier molecular flexibility index (Phi) is 6.54. The number of ether oxygens (including phenoxy) is 3. The molecule has 0 heterocycles. The molecule has 25 heavy (non-hydrogen) atoms. The number of benzene rings is 2. The van der Waals surface area contributed by atoms with Gasteiger partial charge >= 0.3 is 11.9 Å². The molecule has 0 saturated heterocycles. The van der Waals surface area contributed by atoms with Crippen molar-refractivity contribution in [3.8, 4) is 11.5 Å². The van der Waals surface area contributed by atoms with E-state index >= 15 is 0 Å². The standard InChI is InChI=1S/C19H21NO5/c1-3-24-19(22)16(20)12-14-6-4-5-7-17(14)25-15-10-8-13(9-11-15)18(21)23-2/h4-11,16H,3,12,20H2,1-2H3. The number of carbonyl (C=O) groups excluding carboxylic acids is 2. The second-order valence-electron chi connectivity index (χ2n) is 5.29. The van der Waals surface area contributed by atoms with E-state index in [0.717, 1.165) is 5.56 Å². The highest BCUT2D eigenvalue weighted by atomic mass is 16.5. The van der Waals surface area contributed by atoms with E-state index in [1.807, 2.05) is 18.2 Å². The summed E-state index contributed by atoms with van der Waals surface area (Å²) in [5, 5.41) is 0. The first-order valence-corrected chi connectivity index (χ1v) is 7.91. The normalized spacial score (nSPS) is 11.5. The fraction of sp³-hybridized carbons (Fsp3) is 0.263. The smallest absolute Gasteiger partial charge is 0.337 e. The molecule has 6 nitrogen and oxygen atoms in total. The van der Waals surface area contributed by atoms with Crippen LogP contribution in [0, 0.1) is 0 Å². The molecule has 0 aliphatic rings. The molecule has 0 saturated carbocycles. The fourth-order valence-electron chi connectivity index (χ4n) is 2.25. The molecule has 0 bridgehead atoms. The lowest BCUT2D eigenvalue weighted by Gasteiger charge is -2.14. The lowest BCUT2D eigenvalue weighted by Crippen LogP contribution is -2.34. The van der Waals surface area contributed by atoms with Gasteiger partial charge in [-0.05, 0) is 42.8 Å². The number of nitrogens with two attached hydrogens (primary N) is 1. The van der Waals surface area contributed by atoms with Crippen molar-refractivity contribution in [3.05, 3.63) is 59.7 Å². The Labute approximate surface area is 146 Å². The van der Waals surface area contributed by atoms with E-state index in [1.54, 1.807) is 37.3 Å². The average molecular weight is 343 g/mol. The molecule has 0 radical (unpaired) electrons. The van der Waals surface area contributed by atoms with E-state index in [-0.39, 0.29) is 6.61 Å². The third kappa shape index (κ3) is 5.06. The summed E-state index contributed by atoms with van der Waals surface area (Å²) in [6.45, 7) is 2.02. The minimum Gasteiger partial charge on any atom is -0.465 e. The maximum absolute atomic E-state index is 11.7. The van der Waals surface area contributed by atoms with Crippen LogP contribution in [0.3, 0.4) is 0 Å². The Balaban J connectivity index is 2.12. The Bertz CT molecular complexity index is 727. The van der Waals surface area contributed by atoms with Gasteiger partial charge in [-0.15, -0.1) is 0 Å². The van der Waals surface area contributed by atoms with Crippen LogP contribution >= 0.6 is 0 Å². The van der Waals surface area contributed by atoms with E-state index in [2.05, 4.69) is 4.74 Å². The number of esters is 2. The monoisotopic (exact) mass is 343 g/mol. The van der Waals surface area contributed by atoms with Crippen molar-refractivity contribution in [1.29, 1.82) is 0 Å². The molecule has 0 spiro atoms. The Morgan fingerprint density at radius 1 is 1.08 bits per heavy atom. The van der Waals surface area contributed by atoms with Gasteiger partial charge in [0.15, 0.2) is 0 Å². The number of rotatable bonds is 7. The molecule has 0 aliphatic heterocycles. The number of hydrogen-bond donors (Lipinski definition) is 1. The molecule has 0 amide bonds. The first-order chi connectivity index (χ1) is 12.0. The predicted octanol–water partition coefficient (Wildman–Crippen LogP) is 2.70. The van der Waals surface area contributed by atoms with Crippen molar-refractivity contribution >= 4 is 11.9 Å². The number of para-hydroxylation sites is 1. The van der Waals surface area contributed by atoms with Gasteiger partial charge in [-0.3, -0.25) is 4.79 Å². The van der Waals surface area contributed by atoms with Gasteiger partial charge in [-0.25, -0.2) is 4.79 Å². The van der Waals surface area contributed by atoms with Crippen LogP contribution in [0.2, 0.25) is 0 Å². The van der Waals surface area contributed by atoms with Gasteiger partial charge in [0.2, 0.25) is 0 Å². The third-order valence-electron chi connectivity index (χ3n) is 3.51. The van der Waals surface area contributed by atoms with Crippen LogP contribution in [-0.2, 0) is 20.7 Å². The van der Waals surface area contributed by atoms with Crippen LogP contribution < -0.4 is 10.5 Å². The lowest BCUT2D eigenvalue weighted by atomic mass is 10.1. The zero-order valence-electron chi connectivity index (χ0n) is 14.2. The topological polar surface area (TPSA) is 87.9 Å². The highest BCUT2D eigenvalue weighted by Crippen LogP contribution is 2.26. The summed E-state index contributed by atoms with van der Waals surface area (Å²) >= 11 is 0. The summed E-state index contributed by atoms with van der Waals surface area (Å²) in [5.41, 5.74) is 7.11. The summed E-state index contributed by atoms with van der Waals surface area (Å²) in [7, 11) is 1.33. The van der Waals surface area contributed by atoms with Crippen LogP contribution in [0.25, 0.3) is 0 Å². The van der Waals surface area contributed by atoms with E-state index in [0.29, 0.717) is 23.5 Å². The second-order valence-corrected chi connectivity index (χ2v) is 5.29. The minimum absolute atomic E-state index is 0.289. The number of methoxy groups -OCH3 is 1. The van der Waals surface area contributed by atoms with Crippen molar-refractivity contribution < 1.29 is 23.8 Å². The van der Waals surface area contributed by atoms with Crippen molar-refractivity contribution in [1.82, 2.24) is 0 Å². The van der Waals surface area contributed by atoms with Gasteiger partial charge in [-0.2, -0.15) is 0 Å². The summed E-state index contributed by atoms with van der Waals surface area (Å²) in [6, 6.07) is 13.1. The van der Waals surface area contributed by atoms with Crippen molar-refractivity contribution in [3.63, 3.8) is 0 Å². The largest absolute Gasteiger partial charge is 0.465 e. The van der Waals surface area contributed by atoms with Gasteiger partial charge in [0.1, 0.15) is 17.5 Å². The van der Waals surface area contributed by atoms with E-state index in [9.17, 15) is 9.59 Å². The van der Waals surface area contributed by atoms with Gasteiger partial charge in [0, 0.05) is 6.42 Å². The molecule has 2 N–H and O–H groups in total. The van der Waals surface area contributed by atoms with Crippen LogP contribution in [0.5, 0.6) is 11.5 Å². The van der Waals surface area contributed by atoms with Gasteiger partial charge in [0.25, 0.3) is 0 Å². The molecule has 2 aromatic rings. The molecule has 6 heteroatoms. The number of carbonyl (C=O) groups is 2. The van der Waals surface area contributed by atoms with Crippen molar-refractivity contribution in [2.75, 3.05) is 13.7 Å². The second kappa shape index (κ2) is 8.84. The Morgan fingerprint density at radius 2 is 1.76 bits per heavy atom. The van der Waals surface area contributed by atoms with E-state index < -0.39 is 18.0 Å². The molecule has 1 unspecified atom stereocenters. The highest BCUT2D eigenvalue weighted by molar-refractivity contribution is 5.89. The third-order valence-corrected chi connectivity index (χ3v) is 3.51. The zero-order valence-corrected chi connectivity index (χ0v) is 14.2. The van der Waals surface area contributed by atoms with Gasteiger partial charge < -0.3 is 19.9 Å². The quantitative estimate of drug-likeness (QED) is 0.778. The molecular formula is C19H21NO5. The van der Waals surface area contributed by atoms with Gasteiger partial charge in [-0.1, -0.05) is 18.2 Å². The van der Waals surface area contributed by atoms with Crippen molar-refractivity contribution in [2.24, 2.45) is 5.73 Å². The Hall–Kier alpha value is -2.86. The summed E-state index contributed by atoms with van der Waals surface area (Å²) in [6.07, 6.45) is 0.301. The molecule has 2 rings (SSSR count). The zero-order chi connectivity index (χ0) is 18.2. The minimum atomic E-state index is -0.758. The number of hydrogen-bond acceptors (Lipinski definition) is 6. The van der Waals surface area contributed by atoms with E-state index in [1.165, 1.54) is 7.11 Å². The first kappa shape index (κ1) is 18.5. The molecule has 2 aromatic carbocycles. The fourth-order valence-corrected chi connectivity index (χ4v) is 2.25. The SMILES string of the molecule is CCOC(=O)C(N)Cc1ccccc1Oc1ccc(C(=O)OC)cc1. The molecule has 0 aliphatic carbocycles. The van der Waals surface area contributed by atoms with Crippen LogP contribution in [0.1, 0.15) is 22.8 Å². The first-order valence-electron chi connectivity index (χ1n) is 7.91. The molecule has 132 valence electrons. The Morgan fingerprint density at radius 3 is 2.40 bits per heavy atom. The average Bonchev–Trinajstić information content (AvgIpc) is 2.63. The predicted molar refractivity (Wildman–Crippen MR) is 92.6 cm³/mol. The molecular weight excluding hydrogens is 322 g/mol. The van der Waals surface area contributed by atoms with Crippen LogP contribution in [0.4, 0.5) is 0 Å². The lowest BCUT2D eigenvalue weighted by molar-refractivity contribution is -0.144. The van der Waals surface area contributed by atoms with Crippen molar-refractivity contribution in [2.45, 2.75) is 19.4 Å². The maximum Gasteiger partial charge on any atom is 0.337 e. The van der Waals surface area contributed by atoms with E-state index in [4.69, 9.17) is 15.2 Å².